The normalized spacial score (nSPS) is 11.5. The molecule has 1 heterocycles. The van der Waals surface area contributed by atoms with Crippen LogP contribution in [0.2, 0.25) is 0 Å². The van der Waals surface area contributed by atoms with E-state index in [1.807, 2.05) is 0 Å². The van der Waals surface area contributed by atoms with Gasteiger partial charge in [0.1, 0.15) is 11.3 Å². The van der Waals surface area contributed by atoms with Crippen molar-refractivity contribution < 1.29 is 22.4 Å². The van der Waals surface area contributed by atoms with E-state index in [9.17, 15) is 13.2 Å². The maximum absolute atomic E-state index is 12.6. The third-order valence-electron chi connectivity index (χ3n) is 3.88. The molecule has 2 aromatic carbocycles. The molecule has 1 aromatic heterocycles. The van der Waals surface area contributed by atoms with Gasteiger partial charge in [0, 0.05) is 17.2 Å². The molecule has 0 atom stereocenters. The van der Waals surface area contributed by atoms with Gasteiger partial charge in [-0.3, -0.25) is 4.79 Å². The summed E-state index contributed by atoms with van der Waals surface area (Å²) >= 11 is 0. The van der Waals surface area contributed by atoms with E-state index in [1.54, 1.807) is 44.4 Å². The first-order valence-electron chi connectivity index (χ1n) is 7.49. The molecule has 0 bridgehead atoms. The number of ether oxygens (including phenoxy) is 1. The second-order valence-corrected chi connectivity index (χ2v) is 7.62. The number of fused-ring (bicyclic) bond motifs is 1. The van der Waals surface area contributed by atoms with Gasteiger partial charge in [-0.2, -0.15) is 0 Å². The number of aryl methyl sites for hydroxylation is 1. The van der Waals surface area contributed by atoms with E-state index in [2.05, 4.69) is 5.32 Å². The molecule has 0 saturated carbocycles. The van der Waals surface area contributed by atoms with Crippen molar-refractivity contribution in [1.29, 1.82) is 0 Å². The summed E-state index contributed by atoms with van der Waals surface area (Å²) in [7, 11) is -1.91. The van der Waals surface area contributed by atoms with E-state index >= 15 is 0 Å². The summed E-state index contributed by atoms with van der Waals surface area (Å²) in [5, 5.41) is 3.39. The number of furan rings is 1. The van der Waals surface area contributed by atoms with Crippen molar-refractivity contribution >= 4 is 32.4 Å². The largest absolute Gasteiger partial charge is 0.497 e. The van der Waals surface area contributed by atoms with E-state index in [0.717, 1.165) is 11.6 Å². The predicted octanol–water partition coefficient (Wildman–Crippen LogP) is 3.41. The molecule has 0 aliphatic heterocycles. The highest BCUT2D eigenvalue weighted by atomic mass is 32.2. The lowest BCUT2D eigenvalue weighted by Gasteiger charge is -2.08. The average molecular weight is 359 g/mol. The standard InChI is InChI=1S/C18H17NO5S/c1-11-13-10-12(23-2)8-9-15(13)24-17(11)18(20)19-14-6-4-5-7-16(14)25(3,21)22/h4-10H,1-3H3,(H,19,20). The van der Waals surface area contributed by atoms with Gasteiger partial charge in [0.15, 0.2) is 15.6 Å². The molecule has 0 unspecified atom stereocenters. The minimum atomic E-state index is -3.47. The van der Waals surface area contributed by atoms with Gasteiger partial charge < -0.3 is 14.5 Å². The average Bonchev–Trinajstić information content (AvgIpc) is 2.91. The van der Waals surface area contributed by atoms with Crippen molar-refractivity contribution in [3.8, 4) is 5.75 Å². The van der Waals surface area contributed by atoms with Gasteiger partial charge in [-0.05, 0) is 37.3 Å². The number of anilines is 1. The van der Waals surface area contributed by atoms with Crippen LogP contribution in [-0.2, 0) is 9.84 Å². The summed E-state index contributed by atoms with van der Waals surface area (Å²) < 4.78 is 34.6. The number of carbonyl (C=O) groups excluding carboxylic acids is 1. The molecule has 7 heteroatoms. The monoisotopic (exact) mass is 359 g/mol. The van der Waals surface area contributed by atoms with Crippen LogP contribution in [0.3, 0.4) is 0 Å². The highest BCUT2D eigenvalue weighted by molar-refractivity contribution is 7.90. The molecule has 0 aliphatic rings. The molecule has 0 spiro atoms. The Morgan fingerprint density at radius 2 is 1.88 bits per heavy atom. The smallest absolute Gasteiger partial charge is 0.291 e. The maximum Gasteiger partial charge on any atom is 0.291 e. The second kappa shape index (κ2) is 6.25. The van der Waals surface area contributed by atoms with Gasteiger partial charge in [0.25, 0.3) is 5.91 Å². The van der Waals surface area contributed by atoms with Crippen LogP contribution in [0.25, 0.3) is 11.0 Å². The topological polar surface area (TPSA) is 85.6 Å². The number of methoxy groups -OCH3 is 1. The van der Waals surface area contributed by atoms with Crippen LogP contribution >= 0.6 is 0 Å². The summed E-state index contributed by atoms with van der Waals surface area (Å²) in [6, 6.07) is 11.5. The van der Waals surface area contributed by atoms with E-state index in [-0.39, 0.29) is 16.3 Å². The molecule has 1 N–H and O–H groups in total. The molecule has 0 aliphatic carbocycles. The molecule has 6 nitrogen and oxygen atoms in total. The Bertz CT molecular complexity index is 1070. The number of hydrogen-bond acceptors (Lipinski definition) is 5. The fraction of sp³-hybridized carbons (Fsp3) is 0.167. The highest BCUT2D eigenvalue weighted by Crippen LogP contribution is 2.30. The minimum absolute atomic E-state index is 0.0544. The predicted molar refractivity (Wildman–Crippen MR) is 95.0 cm³/mol. The Labute approximate surface area is 145 Å². The van der Waals surface area contributed by atoms with Crippen molar-refractivity contribution in [2.75, 3.05) is 18.7 Å². The molecule has 1 amide bonds. The van der Waals surface area contributed by atoms with Crippen LogP contribution in [0.5, 0.6) is 5.75 Å². The van der Waals surface area contributed by atoms with Crippen LogP contribution in [0.4, 0.5) is 5.69 Å². The Hall–Kier alpha value is -2.80. The van der Waals surface area contributed by atoms with Crippen LogP contribution in [-0.4, -0.2) is 27.7 Å². The number of benzene rings is 2. The first-order chi connectivity index (χ1) is 11.8. The van der Waals surface area contributed by atoms with Crippen LogP contribution in [0, 0.1) is 6.92 Å². The zero-order valence-corrected chi connectivity index (χ0v) is 14.8. The van der Waals surface area contributed by atoms with Gasteiger partial charge in [-0.1, -0.05) is 12.1 Å². The number of hydrogen-bond donors (Lipinski definition) is 1. The first kappa shape index (κ1) is 17.0. The quantitative estimate of drug-likeness (QED) is 0.771. The lowest BCUT2D eigenvalue weighted by atomic mass is 10.1. The minimum Gasteiger partial charge on any atom is -0.497 e. The van der Waals surface area contributed by atoms with Gasteiger partial charge >= 0.3 is 0 Å². The summed E-state index contributed by atoms with van der Waals surface area (Å²) in [5.41, 5.74) is 1.43. The van der Waals surface area contributed by atoms with Crippen molar-refractivity contribution in [2.24, 2.45) is 0 Å². The number of sulfone groups is 1. The number of para-hydroxylation sites is 1. The fourth-order valence-corrected chi connectivity index (χ4v) is 3.46. The number of nitrogens with one attached hydrogen (secondary N) is 1. The van der Waals surface area contributed by atoms with Crippen molar-refractivity contribution in [3.05, 3.63) is 53.8 Å². The van der Waals surface area contributed by atoms with Crippen molar-refractivity contribution in [1.82, 2.24) is 0 Å². The molecular formula is C18H17NO5S. The Morgan fingerprint density at radius 1 is 1.16 bits per heavy atom. The van der Waals surface area contributed by atoms with E-state index in [0.29, 0.717) is 16.9 Å². The summed E-state index contributed by atoms with van der Waals surface area (Å²) in [5.74, 6) is 0.279. The van der Waals surface area contributed by atoms with Crippen LogP contribution in [0.15, 0.2) is 51.8 Å². The summed E-state index contributed by atoms with van der Waals surface area (Å²) in [6.07, 6.45) is 1.09. The molecular weight excluding hydrogens is 342 g/mol. The lowest BCUT2D eigenvalue weighted by Crippen LogP contribution is -2.14. The number of carbonyl (C=O) groups is 1. The zero-order valence-electron chi connectivity index (χ0n) is 14.0. The summed E-state index contributed by atoms with van der Waals surface area (Å²) in [4.78, 5) is 12.7. The molecule has 3 rings (SSSR count). The molecule has 130 valence electrons. The molecule has 0 radical (unpaired) electrons. The van der Waals surface area contributed by atoms with Gasteiger partial charge in [0.05, 0.1) is 17.7 Å². The third kappa shape index (κ3) is 3.23. The first-order valence-corrected chi connectivity index (χ1v) is 9.38. The van der Waals surface area contributed by atoms with E-state index < -0.39 is 15.7 Å². The van der Waals surface area contributed by atoms with Crippen LogP contribution in [0.1, 0.15) is 16.1 Å². The highest BCUT2D eigenvalue weighted by Gasteiger charge is 2.21. The molecule has 0 fully saturated rings. The SMILES string of the molecule is COc1ccc2oc(C(=O)Nc3ccccc3S(C)(=O)=O)c(C)c2c1. The Morgan fingerprint density at radius 3 is 2.56 bits per heavy atom. The second-order valence-electron chi connectivity index (χ2n) is 5.64. The van der Waals surface area contributed by atoms with Crippen molar-refractivity contribution in [2.45, 2.75) is 11.8 Å². The molecule has 3 aromatic rings. The zero-order chi connectivity index (χ0) is 18.2. The molecule has 0 saturated heterocycles. The van der Waals surface area contributed by atoms with Gasteiger partial charge in [-0.15, -0.1) is 0 Å². The van der Waals surface area contributed by atoms with E-state index in [1.165, 1.54) is 12.1 Å². The Kier molecular flexibility index (Phi) is 4.26. The lowest BCUT2D eigenvalue weighted by molar-refractivity contribution is 0.0997. The summed E-state index contributed by atoms with van der Waals surface area (Å²) in [6.45, 7) is 1.77. The van der Waals surface area contributed by atoms with Gasteiger partial charge in [0.2, 0.25) is 0 Å². The maximum atomic E-state index is 12.6. The van der Waals surface area contributed by atoms with Gasteiger partial charge in [-0.25, -0.2) is 8.42 Å². The van der Waals surface area contributed by atoms with Crippen molar-refractivity contribution in [3.63, 3.8) is 0 Å². The third-order valence-corrected chi connectivity index (χ3v) is 5.04. The van der Waals surface area contributed by atoms with Crippen LogP contribution < -0.4 is 10.1 Å². The fourth-order valence-electron chi connectivity index (χ4n) is 2.62. The Balaban J connectivity index is 2.00. The number of amides is 1. The van der Waals surface area contributed by atoms with E-state index in [4.69, 9.17) is 9.15 Å². The molecule has 25 heavy (non-hydrogen) atoms. The number of rotatable bonds is 4.